The van der Waals surface area contributed by atoms with Crippen LogP contribution in [0.25, 0.3) is 55.6 Å². The summed E-state index contributed by atoms with van der Waals surface area (Å²) in [4.78, 5) is 0. The Morgan fingerprint density at radius 2 is 1.55 bits per heavy atom. The van der Waals surface area contributed by atoms with Crippen LogP contribution in [0, 0.1) is 12.8 Å². The molecule has 5 heteroatoms. The molecule has 3 aromatic heterocycles. The number of aryl methyl sites for hydroxylation is 1. The lowest BCUT2D eigenvalue weighted by atomic mass is 9.88. The van der Waals surface area contributed by atoms with Gasteiger partial charge in [-0.25, -0.2) is 4.57 Å². The van der Waals surface area contributed by atoms with Crippen LogP contribution >= 0.6 is 0 Å². The highest BCUT2D eigenvalue weighted by atomic mass is 28.3. The lowest BCUT2D eigenvalue weighted by Gasteiger charge is -2.24. The van der Waals surface area contributed by atoms with Crippen molar-refractivity contribution in [2.75, 3.05) is 0 Å². The van der Waals surface area contributed by atoms with Gasteiger partial charge < -0.3 is 4.42 Å². The minimum atomic E-state index is -1.77. The second-order valence-corrected chi connectivity index (χ2v) is 21.3. The molecule has 5 heterocycles. The Morgan fingerprint density at radius 3 is 2.35 bits per heavy atom. The highest BCUT2D eigenvalue weighted by Crippen LogP contribution is 2.55. The third-order valence-electron chi connectivity index (χ3n) is 11.3. The molecule has 2 aliphatic rings. The number of hydrogen-bond acceptors (Lipinski definition) is 1. The van der Waals surface area contributed by atoms with Crippen molar-refractivity contribution in [2.45, 2.75) is 59.0 Å². The van der Waals surface area contributed by atoms with E-state index in [0.29, 0.717) is 5.92 Å². The number of fused-ring (bicyclic) bond motifs is 16. The Morgan fingerprint density at radius 1 is 0.784 bits per heavy atom. The molecular formula is C46H43N3OSi+2. The van der Waals surface area contributed by atoms with Gasteiger partial charge in [0.2, 0.25) is 5.69 Å². The van der Waals surface area contributed by atoms with Crippen molar-refractivity contribution in [3.8, 4) is 22.6 Å². The van der Waals surface area contributed by atoms with E-state index in [1.165, 1.54) is 66.7 Å². The van der Waals surface area contributed by atoms with E-state index >= 15 is 0 Å². The van der Waals surface area contributed by atoms with Gasteiger partial charge in [0.05, 0.1) is 24.8 Å². The molecular weight excluding hydrogens is 639 g/mol. The lowest BCUT2D eigenvalue weighted by molar-refractivity contribution is -0.734. The molecule has 4 nitrogen and oxygen atoms in total. The van der Waals surface area contributed by atoms with Crippen LogP contribution in [-0.4, -0.2) is 12.6 Å². The first-order chi connectivity index (χ1) is 24.7. The molecule has 0 fully saturated rings. The zero-order valence-electron chi connectivity index (χ0n) is 30.3. The standard InChI is InChI=1S/C46H43N3OSi/c1-29(2)24-32-26-40-35-21-20-30(3)25-37(35)46(48(40)28-42(32)51(4,5)6)36-23-22-34-33-16-10-13-19-41(33)50-44(34)43(36)45-47(27-31-14-8-7-9-15-31)38-17-11-12-18-39(38)49(45)46/h7-23,25-26,28-29H,24,27H2,1-6H3/q+2. The minimum absolute atomic E-state index is 0.571. The SMILES string of the molecule is Cc1ccc2c(c1)C1(c3ccc4c(oc5ccccc54)c3-c3n1c1ccccc1[n+]3Cc1ccccc1)[n+]1cc([Si](C)(C)C)c(CC(C)C)cc1-2. The van der Waals surface area contributed by atoms with Crippen LogP contribution in [0.2, 0.25) is 19.6 Å². The monoisotopic (exact) mass is 681 g/mol. The van der Waals surface area contributed by atoms with Gasteiger partial charge >= 0.3 is 11.5 Å². The normalized spacial score (nSPS) is 16.1. The van der Waals surface area contributed by atoms with Gasteiger partial charge in [0.15, 0.2) is 22.8 Å². The van der Waals surface area contributed by atoms with Crippen LogP contribution < -0.4 is 14.3 Å². The van der Waals surface area contributed by atoms with E-state index in [1.54, 1.807) is 0 Å². The molecule has 0 bridgehead atoms. The van der Waals surface area contributed by atoms with E-state index in [4.69, 9.17) is 4.42 Å². The van der Waals surface area contributed by atoms with E-state index in [0.717, 1.165) is 34.9 Å². The third kappa shape index (κ3) is 4.13. The molecule has 250 valence electrons. The maximum atomic E-state index is 6.97. The fourth-order valence-electron chi connectivity index (χ4n) is 9.31. The summed E-state index contributed by atoms with van der Waals surface area (Å²) in [5.74, 6) is 1.76. The second-order valence-electron chi connectivity index (χ2n) is 16.2. The molecule has 0 N–H and O–H groups in total. The predicted octanol–water partition coefficient (Wildman–Crippen LogP) is 9.47. The smallest absolute Gasteiger partial charge is 0.364 e. The lowest BCUT2D eigenvalue weighted by Crippen LogP contribution is -2.61. The summed E-state index contributed by atoms with van der Waals surface area (Å²) in [6.07, 6.45) is 3.65. The van der Waals surface area contributed by atoms with Crippen molar-refractivity contribution in [2.24, 2.45) is 5.92 Å². The zero-order chi connectivity index (χ0) is 34.8. The Kier molecular flexibility index (Phi) is 6.37. The zero-order valence-corrected chi connectivity index (χ0v) is 31.3. The van der Waals surface area contributed by atoms with Crippen LogP contribution in [0.4, 0.5) is 0 Å². The number of hydrogen-bond donors (Lipinski definition) is 0. The number of para-hydroxylation sites is 3. The molecule has 0 saturated heterocycles. The molecule has 0 amide bonds. The number of imidazole rings is 1. The maximum absolute atomic E-state index is 6.97. The van der Waals surface area contributed by atoms with Crippen LogP contribution in [0.1, 0.15) is 41.7 Å². The third-order valence-corrected chi connectivity index (χ3v) is 13.4. The van der Waals surface area contributed by atoms with Gasteiger partial charge in [-0.2, -0.15) is 4.57 Å². The summed E-state index contributed by atoms with van der Waals surface area (Å²) in [7, 11) is -1.77. The van der Waals surface area contributed by atoms with Crippen molar-refractivity contribution >= 4 is 46.2 Å². The van der Waals surface area contributed by atoms with Crippen molar-refractivity contribution in [1.82, 2.24) is 4.57 Å². The molecule has 2 aliphatic heterocycles. The van der Waals surface area contributed by atoms with Crippen LogP contribution in [-0.2, 0) is 18.6 Å². The first kappa shape index (κ1) is 30.6. The minimum Gasteiger partial charge on any atom is -0.455 e. The molecule has 51 heavy (non-hydrogen) atoms. The van der Waals surface area contributed by atoms with E-state index in [-0.39, 0.29) is 0 Å². The van der Waals surface area contributed by atoms with Crippen molar-refractivity contribution in [1.29, 1.82) is 0 Å². The molecule has 0 saturated carbocycles. The molecule has 0 aliphatic carbocycles. The van der Waals surface area contributed by atoms with Gasteiger partial charge in [0.1, 0.15) is 17.7 Å². The van der Waals surface area contributed by atoms with Crippen LogP contribution in [0.15, 0.2) is 126 Å². The Labute approximate surface area is 300 Å². The summed E-state index contributed by atoms with van der Waals surface area (Å²) < 4.78 is 14.9. The first-order valence-electron chi connectivity index (χ1n) is 18.4. The van der Waals surface area contributed by atoms with Gasteiger partial charge in [0.25, 0.3) is 0 Å². The van der Waals surface area contributed by atoms with Gasteiger partial charge in [-0.3, -0.25) is 0 Å². The number of benzene rings is 5. The van der Waals surface area contributed by atoms with E-state index in [1.807, 2.05) is 0 Å². The molecule has 5 aromatic carbocycles. The Hall–Kier alpha value is -5.26. The number of pyridine rings is 1. The Balaban J connectivity index is 1.43. The van der Waals surface area contributed by atoms with Crippen molar-refractivity contribution < 1.29 is 13.6 Å². The average molecular weight is 682 g/mol. The van der Waals surface area contributed by atoms with E-state index in [9.17, 15) is 0 Å². The largest absolute Gasteiger partial charge is 0.455 e. The molecule has 1 spiro atoms. The quantitative estimate of drug-likeness (QED) is 0.131. The van der Waals surface area contributed by atoms with E-state index < -0.39 is 13.7 Å². The van der Waals surface area contributed by atoms with Crippen LogP contribution in [0.3, 0.4) is 0 Å². The van der Waals surface area contributed by atoms with Crippen molar-refractivity contribution in [3.05, 3.63) is 149 Å². The number of nitrogens with zero attached hydrogens (tertiary/aromatic N) is 3. The molecule has 10 rings (SSSR count). The summed E-state index contributed by atoms with van der Waals surface area (Å²) in [6.45, 7) is 15.2. The number of furan rings is 1. The first-order valence-corrected chi connectivity index (χ1v) is 21.9. The van der Waals surface area contributed by atoms with Crippen LogP contribution in [0.5, 0.6) is 0 Å². The molecule has 8 aromatic rings. The predicted molar refractivity (Wildman–Crippen MR) is 210 cm³/mol. The van der Waals surface area contributed by atoms with Gasteiger partial charge in [-0.05, 0) is 72.9 Å². The summed E-state index contributed by atoms with van der Waals surface area (Å²) in [5.41, 5.74) is 14.1. The summed E-state index contributed by atoms with van der Waals surface area (Å²) >= 11 is 0. The summed E-state index contributed by atoms with van der Waals surface area (Å²) in [5, 5.41) is 3.85. The topological polar surface area (TPSA) is 25.8 Å². The number of rotatable bonds is 5. The summed E-state index contributed by atoms with van der Waals surface area (Å²) in [6, 6.07) is 42.8. The van der Waals surface area contributed by atoms with Gasteiger partial charge in [0, 0.05) is 22.0 Å². The molecule has 0 radical (unpaired) electrons. The maximum Gasteiger partial charge on any atom is 0.364 e. The van der Waals surface area contributed by atoms with E-state index in [2.05, 4.69) is 176 Å². The Bertz CT molecular complexity index is 2730. The van der Waals surface area contributed by atoms with Crippen molar-refractivity contribution in [3.63, 3.8) is 0 Å². The second kappa shape index (κ2) is 10.6. The van der Waals surface area contributed by atoms with Gasteiger partial charge in [-0.1, -0.05) is 106 Å². The number of aromatic nitrogens is 3. The van der Waals surface area contributed by atoms with Gasteiger partial charge in [-0.15, -0.1) is 4.57 Å². The fourth-order valence-corrected chi connectivity index (χ4v) is 11.0. The highest BCUT2D eigenvalue weighted by Gasteiger charge is 2.67. The molecule has 1 atom stereocenters. The molecule has 1 unspecified atom stereocenters. The highest BCUT2D eigenvalue weighted by molar-refractivity contribution is 6.89. The average Bonchev–Trinajstić information content (AvgIpc) is 3.81. The fraction of sp³-hybridized carbons (Fsp3) is 0.217.